The highest BCUT2D eigenvalue weighted by atomic mass is 16.5. The Morgan fingerprint density at radius 3 is 2.29 bits per heavy atom. The van der Waals surface area contributed by atoms with Crippen molar-refractivity contribution in [2.45, 2.75) is 26.7 Å². The molecule has 2 aliphatic rings. The Morgan fingerprint density at radius 2 is 1.86 bits per heavy atom. The van der Waals surface area contributed by atoms with Crippen molar-refractivity contribution in [3.8, 4) is 0 Å². The molecule has 0 unspecified atom stereocenters. The van der Waals surface area contributed by atoms with Crippen LogP contribution < -0.4 is 0 Å². The summed E-state index contributed by atoms with van der Waals surface area (Å²) in [7, 11) is 0. The summed E-state index contributed by atoms with van der Waals surface area (Å²) in [5, 5.41) is 0. The Kier molecular flexibility index (Phi) is 3.45. The van der Waals surface area contributed by atoms with Crippen LogP contribution in [0.4, 0.5) is 0 Å². The molecule has 2 rings (SSSR count). The van der Waals surface area contributed by atoms with Crippen molar-refractivity contribution in [1.29, 1.82) is 0 Å². The SMILES string of the molecule is CC(C)C1CCN(CC2COC2)CC1. The lowest BCUT2D eigenvalue weighted by molar-refractivity contribution is -0.0503. The molecule has 2 fully saturated rings. The first-order chi connectivity index (χ1) is 6.75. The maximum Gasteiger partial charge on any atom is 0.0528 e. The zero-order chi connectivity index (χ0) is 9.97. The van der Waals surface area contributed by atoms with E-state index in [4.69, 9.17) is 4.74 Å². The Hall–Kier alpha value is -0.0800. The summed E-state index contributed by atoms with van der Waals surface area (Å²) in [5.74, 6) is 2.69. The van der Waals surface area contributed by atoms with Crippen molar-refractivity contribution >= 4 is 0 Å². The van der Waals surface area contributed by atoms with Crippen LogP contribution in [0.3, 0.4) is 0 Å². The van der Waals surface area contributed by atoms with Crippen LogP contribution in [0.2, 0.25) is 0 Å². The second-order valence-electron chi connectivity index (χ2n) is 5.29. The summed E-state index contributed by atoms with van der Waals surface area (Å²) in [5.41, 5.74) is 0. The molecule has 0 saturated carbocycles. The fraction of sp³-hybridized carbons (Fsp3) is 1.00. The van der Waals surface area contributed by atoms with Gasteiger partial charge in [0.2, 0.25) is 0 Å². The molecule has 2 heterocycles. The molecule has 0 N–H and O–H groups in total. The molecule has 82 valence electrons. The molecule has 0 aromatic rings. The zero-order valence-corrected chi connectivity index (χ0v) is 9.54. The summed E-state index contributed by atoms with van der Waals surface area (Å²) >= 11 is 0. The topological polar surface area (TPSA) is 12.5 Å². The van der Waals surface area contributed by atoms with Crippen LogP contribution in [0.1, 0.15) is 26.7 Å². The third kappa shape index (κ3) is 2.48. The third-order valence-corrected chi connectivity index (χ3v) is 3.80. The second-order valence-corrected chi connectivity index (χ2v) is 5.29. The van der Waals surface area contributed by atoms with Gasteiger partial charge in [0.25, 0.3) is 0 Å². The van der Waals surface area contributed by atoms with E-state index < -0.39 is 0 Å². The lowest BCUT2D eigenvalue weighted by Crippen LogP contribution is -2.43. The van der Waals surface area contributed by atoms with Crippen LogP contribution in [0.5, 0.6) is 0 Å². The molecule has 0 aromatic carbocycles. The molecule has 0 aliphatic carbocycles. The average molecular weight is 197 g/mol. The van der Waals surface area contributed by atoms with E-state index in [-0.39, 0.29) is 0 Å². The maximum atomic E-state index is 5.21. The lowest BCUT2D eigenvalue weighted by atomic mass is 9.86. The van der Waals surface area contributed by atoms with E-state index in [9.17, 15) is 0 Å². The number of likely N-dealkylation sites (tertiary alicyclic amines) is 1. The molecule has 0 amide bonds. The Morgan fingerprint density at radius 1 is 1.21 bits per heavy atom. The van der Waals surface area contributed by atoms with E-state index in [0.29, 0.717) is 0 Å². The van der Waals surface area contributed by atoms with Gasteiger partial charge in [0.15, 0.2) is 0 Å². The highest BCUT2D eigenvalue weighted by Crippen LogP contribution is 2.25. The molecule has 14 heavy (non-hydrogen) atoms. The molecule has 0 radical (unpaired) electrons. The monoisotopic (exact) mass is 197 g/mol. The van der Waals surface area contributed by atoms with Crippen LogP contribution in [0, 0.1) is 17.8 Å². The van der Waals surface area contributed by atoms with Crippen LogP contribution in [-0.2, 0) is 4.74 Å². The lowest BCUT2D eigenvalue weighted by Gasteiger charge is -2.37. The number of hydrogen-bond acceptors (Lipinski definition) is 2. The van der Waals surface area contributed by atoms with Gasteiger partial charge in [0.05, 0.1) is 13.2 Å². The second kappa shape index (κ2) is 4.63. The normalized spacial score (nSPS) is 26.8. The summed E-state index contributed by atoms with van der Waals surface area (Å²) in [6.07, 6.45) is 2.82. The minimum atomic E-state index is 0.839. The van der Waals surface area contributed by atoms with Gasteiger partial charge in [0, 0.05) is 12.5 Å². The van der Waals surface area contributed by atoms with Gasteiger partial charge >= 0.3 is 0 Å². The molecule has 2 aliphatic heterocycles. The largest absolute Gasteiger partial charge is 0.381 e. The highest BCUT2D eigenvalue weighted by Gasteiger charge is 2.26. The Labute approximate surface area is 87.6 Å². The maximum absolute atomic E-state index is 5.21. The summed E-state index contributed by atoms with van der Waals surface area (Å²) < 4.78 is 5.21. The predicted molar refractivity (Wildman–Crippen MR) is 58.3 cm³/mol. The molecule has 2 saturated heterocycles. The van der Waals surface area contributed by atoms with Gasteiger partial charge in [-0.05, 0) is 37.8 Å². The van der Waals surface area contributed by atoms with Gasteiger partial charge in [-0.3, -0.25) is 0 Å². The highest BCUT2D eigenvalue weighted by molar-refractivity contribution is 4.77. The van der Waals surface area contributed by atoms with Crippen molar-refractivity contribution in [1.82, 2.24) is 4.90 Å². The van der Waals surface area contributed by atoms with Gasteiger partial charge in [-0.2, -0.15) is 0 Å². The first kappa shape index (κ1) is 10.4. The van der Waals surface area contributed by atoms with Crippen molar-refractivity contribution in [3.05, 3.63) is 0 Å². The van der Waals surface area contributed by atoms with E-state index in [1.165, 1.54) is 32.5 Å². The first-order valence-electron chi connectivity index (χ1n) is 6.06. The fourth-order valence-corrected chi connectivity index (χ4v) is 2.56. The van der Waals surface area contributed by atoms with Gasteiger partial charge in [0.1, 0.15) is 0 Å². The Bertz CT molecular complexity index is 169. The van der Waals surface area contributed by atoms with Gasteiger partial charge < -0.3 is 9.64 Å². The van der Waals surface area contributed by atoms with Crippen molar-refractivity contribution in [3.63, 3.8) is 0 Å². The van der Waals surface area contributed by atoms with E-state index in [1.54, 1.807) is 0 Å². The third-order valence-electron chi connectivity index (χ3n) is 3.80. The predicted octanol–water partition coefficient (Wildman–Crippen LogP) is 2.00. The van der Waals surface area contributed by atoms with Crippen LogP contribution in [-0.4, -0.2) is 37.7 Å². The minimum Gasteiger partial charge on any atom is -0.381 e. The zero-order valence-electron chi connectivity index (χ0n) is 9.54. The molecule has 2 nitrogen and oxygen atoms in total. The van der Waals surface area contributed by atoms with Gasteiger partial charge in [-0.1, -0.05) is 13.8 Å². The molecular formula is C12H23NO. The average Bonchev–Trinajstić information content (AvgIpc) is 2.12. The first-order valence-corrected chi connectivity index (χ1v) is 6.06. The molecular weight excluding hydrogens is 174 g/mol. The molecule has 0 bridgehead atoms. The Balaban J connectivity index is 1.67. The van der Waals surface area contributed by atoms with Crippen molar-refractivity contribution in [2.24, 2.45) is 17.8 Å². The molecule has 0 aromatic heterocycles. The quantitative estimate of drug-likeness (QED) is 0.686. The van der Waals surface area contributed by atoms with Crippen LogP contribution in [0.15, 0.2) is 0 Å². The van der Waals surface area contributed by atoms with E-state index in [1.807, 2.05) is 0 Å². The van der Waals surface area contributed by atoms with Gasteiger partial charge in [-0.25, -0.2) is 0 Å². The van der Waals surface area contributed by atoms with E-state index in [2.05, 4.69) is 18.7 Å². The molecule has 0 spiro atoms. The van der Waals surface area contributed by atoms with E-state index in [0.717, 1.165) is 31.0 Å². The number of rotatable bonds is 3. The number of hydrogen-bond donors (Lipinski definition) is 0. The molecule has 0 atom stereocenters. The van der Waals surface area contributed by atoms with Crippen LogP contribution in [0.25, 0.3) is 0 Å². The standard InChI is InChI=1S/C12H23NO/c1-10(2)12-3-5-13(6-4-12)7-11-8-14-9-11/h10-12H,3-9H2,1-2H3. The minimum absolute atomic E-state index is 0.839. The summed E-state index contributed by atoms with van der Waals surface area (Å²) in [6, 6.07) is 0. The van der Waals surface area contributed by atoms with Gasteiger partial charge in [-0.15, -0.1) is 0 Å². The van der Waals surface area contributed by atoms with Crippen LogP contribution >= 0.6 is 0 Å². The summed E-state index contributed by atoms with van der Waals surface area (Å²) in [6.45, 7) is 10.7. The van der Waals surface area contributed by atoms with Crippen molar-refractivity contribution < 1.29 is 4.74 Å². The number of piperidine rings is 1. The van der Waals surface area contributed by atoms with Crippen molar-refractivity contribution in [2.75, 3.05) is 32.8 Å². The smallest absolute Gasteiger partial charge is 0.0528 e. The summed E-state index contributed by atoms with van der Waals surface area (Å²) in [4.78, 5) is 2.63. The fourth-order valence-electron chi connectivity index (χ4n) is 2.56. The molecule has 2 heteroatoms. The van der Waals surface area contributed by atoms with E-state index >= 15 is 0 Å². The number of nitrogens with zero attached hydrogens (tertiary/aromatic N) is 1. The number of ether oxygens (including phenoxy) is 1.